The van der Waals surface area contributed by atoms with Gasteiger partial charge in [-0.25, -0.2) is 0 Å². The van der Waals surface area contributed by atoms with Crippen LogP contribution < -0.4 is 9.47 Å². The second kappa shape index (κ2) is 6.82. The number of hydrogen-bond donors (Lipinski definition) is 0. The Balaban J connectivity index is 1.75. The molecule has 0 saturated carbocycles. The minimum atomic E-state index is 0.409. The van der Waals surface area contributed by atoms with Gasteiger partial charge in [0.1, 0.15) is 24.7 Å². The normalized spacial score (nSPS) is 9.30. The van der Waals surface area contributed by atoms with Crippen LogP contribution in [0.1, 0.15) is 11.1 Å². The van der Waals surface area contributed by atoms with E-state index >= 15 is 0 Å². The molecular weight excluding hydrogens is 252 g/mol. The molecule has 0 saturated heterocycles. The third kappa shape index (κ3) is 3.76. The Kier molecular flexibility index (Phi) is 4.59. The molecule has 98 valence electrons. The van der Waals surface area contributed by atoms with Crippen LogP contribution in [0.15, 0.2) is 48.5 Å². The summed E-state index contributed by atoms with van der Waals surface area (Å²) in [6, 6.07) is 17.9. The molecule has 0 aliphatic heterocycles. The standard InChI is InChI=1S/C16H12N2O2/c17-11-13-1-5-15(6-2-13)19-9-10-20-16-7-3-14(12-18)4-8-16/h1-8H,9-10H2. The Morgan fingerprint density at radius 2 is 1.00 bits per heavy atom. The Bertz CT molecular complexity index is 575. The highest BCUT2D eigenvalue weighted by Crippen LogP contribution is 2.13. The van der Waals surface area contributed by atoms with Crippen LogP contribution in [0.4, 0.5) is 0 Å². The highest BCUT2D eigenvalue weighted by molar-refractivity contribution is 5.35. The molecule has 0 aromatic heterocycles. The van der Waals surface area contributed by atoms with Gasteiger partial charge in [-0.2, -0.15) is 10.5 Å². The van der Waals surface area contributed by atoms with Gasteiger partial charge in [-0.05, 0) is 48.5 Å². The van der Waals surface area contributed by atoms with Crippen molar-refractivity contribution in [3.05, 3.63) is 59.7 Å². The molecule has 2 aromatic carbocycles. The Morgan fingerprint density at radius 3 is 1.30 bits per heavy atom. The highest BCUT2D eigenvalue weighted by Gasteiger charge is 1.97. The molecule has 0 aliphatic carbocycles. The summed E-state index contributed by atoms with van der Waals surface area (Å²) in [7, 11) is 0. The summed E-state index contributed by atoms with van der Waals surface area (Å²) in [6.45, 7) is 0.817. The second-order valence-corrected chi connectivity index (χ2v) is 3.97. The van der Waals surface area contributed by atoms with Crippen molar-refractivity contribution in [2.24, 2.45) is 0 Å². The van der Waals surface area contributed by atoms with Crippen molar-refractivity contribution in [3.63, 3.8) is 0 Å². The lowest BCUT2D eigenvalue weighted by Gasteiger charge is -2.08. The van der Waals surface area contributed by atoms with E-state index in [4.69, 9.17) is 20.0 Å². The van der Waals surface area contributed by atoms with Gasteiger partial charge >= 0.3 is 0 Å². The van der Waals surface area contributed by atoms with E-state index < -0.39 is 0 Å². The number of benzene rings is 2. The molecule has 0 amide bonds. The average molecular weight is 264 g/mol. The summed E-state index contributed by atoms with van der Waals surface area (Å²) in [5, 5.41) is 17.4. The largest absolute Gasteiger partial charge is 0.490 e. The zero-order chi connectivity index (χ0) is 14.2. The van der Waals surface area contributed by atoms with Crippen molar-refractivity contribution < 1.29 is 9.47 Å². The van der Waals surface area contributed by atoms with Crippen molar-refractivity contribution in [1.29, 1.82) is 10.5 Å². The van der Waals surface area contributed by atoms with Gasteiger partial charge in [-0.15, -0.1) is 0 Å². The van der Waals surface area contributed by atoms with Crippen molar-refractivity contribution >= 4 is 0 Å². The van der Waals surface area contributed by atoms with E-state index in [1.54, 1.807) is 48.5 Å². The van der Waals surface area contributed by atoms with Crippen LogP contribution in [-0.4, -0.2) is 13.2 Å². The van der Waals surface area contributed by atoms with Crippen LogP contribution in [0, 0.1) is 22.7 Å². The first kappa shape index (κ1) is 13.5. The van der Waals surface area contributed by atoms with E-state index in [9.17, 15) is 0 Å². The Hall–Kier alpha value is -2.98. The molecule has 0 radical (unpaired) electrons. The van der Waals surface area contributed by atoms with Crippen LogP contribution in [0.3, 0.4) is 0 Å². The monoisotopic (exact) mass is 264 g/mol. The van der Waals surface area contributed by atoms with Crippen molar-refractivity contribution in [2.75, 3.05) is 13.2 Å². The quantitative estimate of drug-likeness (QED) is 0.779. The Labute approximate surface area is 117 Å². The summed E-state index contributed by atoms with van der Waals surface area (Å²) in [5.41, 5.74) is 1.21. The van der Waals surface area contributed by atoms with Crippen LogP contribution in [0.5, 0.6) is 11.5 Å². The summed E-state index contributed by atoms with van der Waals surface area (Å²) in [4.78, 5) is 0. The van der Waals surface area contributed by atoms with Crippen molar-refractivity contribution in [2.45, 2.75) is 0 Å². The lowest BCUT2D eigenvalue weighted by Crippen LogP contribution is -2.08. The average Bonchev–Trinajstić information content (AvgIpc) is 2.53. The molecular formula is C16H12N2O2. The first-order valence-corrected chi connectivity index (χ1v) is 6.08. The van der Waals surface area contributed by atoms with Gasteiger partial charge in [0.25, 0.3) is 0 Å². The summed E-state index contributed by atoms with van der Waals surface area (Å²) >= 11 is 0. The van der Waals surface area contributed by atoms with Gasteiger partial charge in [0.2, 0.25) is 0 Å². The molecule has 0 heterocycles. The Morgan fingerprint density at radius 1 is 0.650 bits per heavy atom. The van der Waals surface area contributed by atoms with E-state index in [2.05, 4.69) is 0 Å². The number of hydrogen-bond acceptors (Lipinski definition) is 4. The maximum absolute atomic E-state index is 8.68. The summed E-state index contributed by atoms with van der Waals surface area (Å²) in [6.07, 6.45) is 0. The molecule has 2 aromatic rings. The van der Waals surface area contributed by atoms with Crippen molar-refractivity contribution in [3.8, 4) is 23.6 Å². The minimum absolute atomic E-state index is 0.409. The first-order valence-electron chi connectivity index (χ1n) is 6.08. The number of nitriles is 2. The third-order valence-corrected chi connectivity index (χ3v) is 2.59. The van der Waals surface area contributed by atoms with Crippen LogP contribution in [0.25, 0.3) is 0 Å². The fourth-order valence-electron chi connectivity index (χ4n) is 1.57. The molecule has 0 atom stereocenters. The highest BCUT2D eigenvalue weighted by atomic mass is 16.5. The van der Waals surface area contributed by atoms with Crippen LogP contribution >= 0.6 is 0 Å². The molecule has 0 N–H and O–H groups in total. The van der Waals surface area contributed by atoms with E-state index in [1.807, 2.05) is 12.1 Å². The first-order chi connectivity index (χ1) is 9.81. The zero-order valence-electron chi connectivity index (χ0n) is 10.7. The second-order valence-electron chi connectivity index (χ2n) is 3.97. The van der Waals surface area contributed by atoms with Gasteiger partial charge in [0.15, 0.2) is 0 Å². The smallest absolute Gasteiger partial charge is 0.122 e. The van der Waals surface area contributed by atoms with E-state index in [0.717, 1.165) is 0 Å². The molecule has 4 heteroatoms. The maximum Gasteiger partial charge on any atom is 0.122 e. The number of rotatable bonds is 5. The van der Waals surface area contributed by atoms with E-state index in [-0.39, 0.29) is 0 Å². The number of ether oxygens (including phenoxy) is 2. The predicted octanol–water partition coefficient (Wildman–Crippen LogP) is 2.89. The van der Waals surface area contributed by atoms with E-state index in [0.29, 0.717) is 35.8 Å². The predicted molar refractivity (Wildman–Crippen MR) is 73.3 cm³/mol. The molecule has 0 aliphatic rings. The number of nitrogens with zero attached hydrogens (tertiary/aromatic N) is 2. The van der Waals surface area contributed by atoms with Gasteiger partial charge in [0, 0.05) is 0 Å². The fraction of sp³-hybridized carbons (Fsp3) is 0.125. The van der Waals surface area contributed by atoms with Gasteiger partial charge in [-0.3, -0.25) is 0 Å². The molecule has 0 unspecified atom stereocenters. The molecule has 0 spiro atoms. The van der Waals surface area contributed by atoms with E-state index in [1.165, 1.54) is 0 Å². The molecule has 0 fully saturated rings. The molecule has 0 bridgehead atoms. The van der Waals surface area contributed by atoms with Crippen molar-refractivity contribution in [1.82, 2.24) is 0 Å². The minimum Gasteiger partial charge on any atom is -0.490 e. The summed E-state index contributed by atoms with van der Waals surface area (Å²) in [5.74, 6) is 1.40. The lowest BCUT2D eigenvalue weighted by atomic mass is 10.2. The van der Waals surface area contributed by atoms with Gasteiger partial charge < -0.3 is 9.47 Å². The van der Waals surface area contributed by atoms with Gasteiger partial charge in [0.05, 0.1) is 23.3 Å². The summed E-state index contributed by atoms with van der Waals surface area (Å²) < 4.78 is 11.0. The van der Waals surface area contributed by atoms with Crippen LogP contribution in [-0.2, 0) is 0 Å². The zero-order valence-corrected chi connectivity index (χ0v) is 10.7. The molecule has 20 heavy (non-hydrogen) atoms. The van der Waals surface area contributed by atoms with Crippen LogP contribution in [0.2, 0.25) is 0 Å². The molecule has 4 nitrogen and oxygen atoms in total. The lowest BCUT2D eigenvalue weighted by molar-refractivity contribution is 0.217. The third-order valence-electron chi connectivity index (χ3n) is 2.59. The van der Waals surface area contributed by atoms with Gasteiger partial charge in [-0.1, -0.05) is 0 Å². The maximum atomic E-state index is 8.68. The molecule has 2 rings (SSSR count). The SMILES string of the molecule is N#Cc1ccc(OCCOc2ccc(C#N)cc2)cc1. The fourth-order valence-corrected chi connectivity index (χ4v) is 1.57. The topological polar surface area (TPSA) is 66.0 Å².